The van der Waals surface area contributed by atoms with Crippen LogP contribution in [0.15, 0.2) is 48.5 Å². The summed E-state index contributed by atoms with van der Waals surface area (Å²) in [6, 6.07) is 13.9. The molecule has 5 N–H and O–H groups in total. The summed E-state index contributed by atoms with van der Waals surface area (Å²) in [6.45, 7) is 8.63. The average Bonchev–Trinajstić information content (AvgIpc) is 3.62. The molecule has 1 aliphatic rings. The van der Waals surface area contributed by atoms with Crippen LogP contribution in [0.3, 0.4) is 0 Å². The van der Waals surface area contributed by atoms with Crippen LogP contribution in [0.5, 0.6) is 0 Å². The SMILES string of the molecule is [C-]#[N+]C1(C(=O)Cc2ccc(Nc3nc(Nc4cccc(NC(C)=O)c4)nnc3C(N)=O)cc2)CC1. The van der Waals surface area contributed by atoms with Gasteiger partial charge in [-0.2, -0.15) is 4.98 Å². The van der Waals surface area contributed by atoms with Gasteiger partial charge < -0.3 is 26.5 Å². The number of nitrogens with zero attached hydrogens (tertiary/aromatic N) is 4. The molecule has 4 rings (SSSR count). The van der Waals surface area contributed by atoms with Crippen molar-refractivity contribution in [2.75, 3.05) is 16.0 Å². The Bertz CT molecular complexity index is 1340. The van der Waals surface area contributed by atoms with Crippen molar-refractivity contribution in [3.05, 3.63) is 71.2 Å². The summed E-state index contributed by atoms with van der Waals surface area (Å²) in [6.07, 6.45) is 1.44. The Balaban J connectivity index is 1.50. The highest BCUT2D eigenvalue weighted by atomic mass is 16.2. The van der Waals surface area contributed by atoms with Crippen LogP contribution in [0.2, 0.25) is 0 Å². The molecule has 2 amide bonds. The standard InChI is InChI=1S/C24H22N8O3/c1-14(33)27-17-4-3-5-18(13-17)29-23-30-22(20(21(25)35)31-32-23)28-16-8-6-15(7-9-16)12-19(34)24(26-2)10-11-24/h3-9,13H,10-12H2,1H3,(H2,25,35)(H,27,33)(H2,28,29,30,32). The van der Waals surface area contributed by atoms with Gasteiger partial charge in [-0.1, -0.05) is 18.2 Å². The van der Waals surface area contributed by atoms with Gasteiger partial charge in [-0.05, 0) is 35.9 Å². The van der Waals surface area contributed by atoms with E-state index in [9.17, 15) is 14.4 Å². The Morgan fingerprint density at radius 1 is 1.03 bits per heavy atom. The summed E-state index contributed by atoms with van der Waals surface area (Å²) in [5.41, 5.74) is 7.02. The number of aromatic nitrogens is 3. The van der Waals surface area contributed by atoms with Crippen LogP contribution in [0, 0.1) is 6.57 Å². The number of carbonyl (C=O) groups is 3. The van der Waals surface area contributed by atoms with Crippen molar-refractivity contribution < 1.29 is 14.4 Å². The van der Waals surface area contributed by atoms with Crippen LogP contribution in [0.4, 0.5) is 28.8 Å². The minimum atomic E-state index is -0.828. The third-order valence-corrected chi connectivity index (χ3v) is 5.40. The highest BCUT2D eigenvalue weighted by Gasteiger charge is 2.57. The molecule has 0 unspecified atom stereocenters. The van der Waals surface area contributed by atoms with Crippen LogP contribution < -0.4 is 21.7 Å². The molecular weight excluding hydrogens is 448 g/mol. The molecule has 0 atom stereocenters. The van der Waals surface area contributed by atoms with Gasteiger partial charge in [0.15, 0.2) is 11.5 Å². The largest absolute Gasteiger partial charge is 0.364 e. The number of carbonyl (C=O) groups excluding carboxylic acids is 3. The fourth-order valence-electron chi connectivity index (χ4n) is 3.40. The van der Waals surface area contributed by atoms with E-state index in [1.165, 1.54) is 6.92 Å². The van der Waals surface area contributed by atoms with Gasteiger partial charge >= 0.3 is 0 Å². The number of hydrogen-bond acceptors (Lipinski definition) is 8. The second-order valence-electron chi connectivity index (χ2n) is 8.15. The lowest BCUT2D eigenvalue weighted by Crippen LogP contribution is -2.20. The number of Topliss-reactive ketones (excluding diaryl/α,β-unsaturated/α-hetero) is 1. The molecule has 0 radical (unpaired) electrons. The summed E-state index contributed by atoms with van der Waals surface area (Å²) >= 11 is 0. The second-order valence-corrected chi connectivity index (χ2v) is 8.15. The minimum absolute atomic E-state index is 0.0671. The number of nitrogens with two attached hydrogens (primary N) is 1. The van der Waals surface area contributed by atoms with E-state index in [4.69, 9.17) is 12.3 Å². The first-order chi connectivity index (χ1) is 16.8. The molecule has 1 heterocycles. The monoisotopic (exact) mass is 470 g/mol. The van der Waals surface area contributed by atoms with Gasteiger partial charge in [0.05, 0.1) is 0 Å². The summed E-state index contributed by atoms with van der Waals surface area (Å²) < 4.78 is 0. The Hall–Kier alpha value is -4.85. The maximum atomic E-state index is 12.4. The molecular formula is C24H22N8O3. The van der Waals surface area contributed by atoms with Crippen molar-refractivity contribution in [3.63, 3.8) is 0 Å². The van der Waals surface area contributed by atoms with Crippen LogP contribution in [0.25, 0.3) is 4.85 Å². The molecule has 1 fully saturated rings. The van der Waals surface area contributed by atoms with Crippen molar-refractivity contribution in [3.8, 4) is 0 Å². The number of anilines is 5. The highest BCUT2D eigenvalue weighted by molar-refractivity contribution is 5.96. The number of primary amides is 1. The molecule has 176 valence electrons. The summed E-state index contributed by atoms with van der Waals surface area (Å²) in [5.74, 6) is -0.869. The van der Waals surface area contributed by atoms with Gasteiger partial charge in [0.2, 0.25) is 17.6 Å². The molecule has 0 bridgehead atoms. The second kappa shape index (κ2) is 9.56. The number of hydrogen-bond donors (Lipinski definition) is 4. The molecule has 2 aromatic carbocycles. The van der Waals surface area contributed by atoms with E-state index in [-0.39, 0.29) is 35.6 Å². The zero-order valence-electron chi connectivity index (χ0n) is 18.8. The van der Waals surface area contributed by atoms with E-state index in [1.54, 1.807) is 48.5 Å². The third-order valence-electron chi connectivity index (χ3n) is 5.40. The third kappa shape index (κ3) is 5.56. The number of benzene rings is 2. The fourth-order valence-corrected chi connectivity index (χ4v) is 3.40. The number of nitrogens with one attached hydrogen (secondary N) is 3. The van der Waals surface area contributed by atoms with E-state index >= 15 is 0 Å². The van der Waals surface area contributed by atoms with E-state index in [0.717, 1.165) is 5.56 Å². The molecule has 0 aliphatic heterocycles. The maximum absolute atomic E-state index is 12.4. The quantitative estimate of drug-likeness (QED) is 0.348. The predicted octanol–water partition coefficient (Wildman–Crippen LogP) is 2.98. The first-order valence-corrected chi connectivity index (χ1v) is 10.7. The van der Waals surface area contributed by atoms with Gasteiger partial charge in [0, 0.05) is 43.2 Å². The Morgan fingerprint density at radius 2 is 1.74 bits per heavy atom. The molecule has 11 heteroatoms. The van der Waals surface area contributed by atoms with E-state index in [0.29, 0.717) is 29.9 Å². The normalized spacial score (nSPS) is 13.3. The number of ketones is 1. The Morgan fingerprint density at radius 3 is 2.37 bits per heavy atom. The smallest absolute Gasteiger partial charge is 0.290 e. The number of amides is 2. The average molecular weight is 470 g/mol. The summed E-state index contributed by atoms with van der Waals surface area (Å²) in [7, 11) is 0. The first kappa shape index (κ1) is 23.3. The molecule has 1 aromatic heterocycles. The van der Waals surface area contributed by atoms with Crippen molar-refractivity contribution in [1.82, 2.24) is 15.2 Å². The number of rotatable bonds is 9. The molecule has 1 aliphatic carbocycles. The minimum Gasteiger partial charge on any atom is -0.364 e. The molecule has 1 saturated carbocycles. The van der Waals surface area contributed by atoms with Crippen LogP contribution in [-0.2, 0) is 16.0 Å². The zero-order valence-corrected chi connectivity index (χ0v) is 18.8. The van der Waals surface area contributed by atoms with Gasteiger partial charge in [-0.15, -0.1) is 10.2 Å². The summed E-state index contributed by atoms with van der Waals surface area (Å²) in [4.78, 5) is 43.3. The van der Waals surface area contributed by atoms with Gasteiger partial charge in [-0.25, -0.2) is 6.57 Å². The van der Waals surface area contributed by atoms with Gasteiger partial charge in [0.1, 0.15) is 0 Å². The Kier molecular flexibility index (Phi) is 6.37. The van der Waals surface area contributed by atoms with Crippen LogP contribution in [-0.4, -0.2) is 38.3 Å². The Labute approximate surface area is 201 Å². The molecule has 0 spiro atoms. The lowest BCUT2D eigenvalue weighted by Gasteiger charge is -2.11. The lowest BCUT2D eigenvalue weighted by molar-refractivity contribution is -0.119. The van der Waals surface area contributed by atoms with Crippen molar-refractivity contribution in [1.29, 1.82) is 0 Å². The van der Waals surface area contributed by atoms with Crippen molar-refractivity contribution >= 4 is 46.4 Å². The molecule has 3 aromatic rings. The van der Waals surface area contributed by atoms with E-state index < -0.39 is 11.4 Å². The highest BCUT2D eigenvalue weighted by Crippen LogP contribution is 2.41. The molecule has 0 saturated heterocycles. The fraction of sp³-hybridized carbons (Fsp3) is 0.208. The van der Waals surface area contributed by atoms with Crippen LogP contribution >= 0.6 is 0 Å². The molecule has 11 nitrogen and oxygen atoms in total. The summed E-state index contributed by atoms with van der Waals surface area (Å²) in [5, 5.41) is 16.5. The topological polar surface area (TPSA) is 156 Å². The van der Waals surface area contributed by atoms with Gasteiger partial charge in [0.25, 0.3) is 11.4 Å². The van der Waals surface area contributed by atoms with Crippen LogP contribution in [0.1, 0.15) is 35.8 Å². The van der Waals surface area contributed by atoms with E-state index in [1.807, 2.05) is 0 Å². The zero-order chi connectivity index (χ0) is 25.0. The predicted molar refractivity (Wildman–Crippen MR) is 129 cm³/mol. The van der Waals surface area contributed by atoms with Crippen molar-refractivity contribution in [2.24, 2.45) is 5.73 Å². The van der Waals surface area contributed by atoms with Gasteiger partial charge in [-0.3, -0.25) is 14.4 Å². The maximum Gasteiger partial charge on any atom is 0.290 e. The van der Waals surface area contributed by atoms with Crippen molar-refractivity contribution in [2.45, 2.75) is 31.7 Å². The molecule has 35 heavy (non-hydrogen) atoms. The van der Waals surface area contributed by atoms with E-state index in [2.05, 4.69) is 36.0 Å². The lowest BCUT2D eigenvalue weighted by atomic mass is 10.0. The first-order valence-electron chi connectivity index (χ1n) is 10.7.